The topological polar surface area (TPSA) is 92.3 Å². The van der Waals surface area contributed by atoms with Gasteiger partial charge in [-0.2, -0.15) is 0 Å². The van der Waals surface area contributed by atoms with E-state index in [2.05, 4.69) is 10.6 Å². The van der Waals surface area contributed by atoms with E-state index >= 15 is 0 Å². The maximum Gasteiger partial charge on any atom is 0.252 e. The van der Waals surface area contributed by atoms with Crippen molar-refractivity contribution in [2.24, 2.45) is 0 Å². The number of unbranched alkanes of at least 4 members (excludes halogenated alkanes) is 3. The largest absolute Gasteiger partial charge is 0.352 e. The molecule has 0 aliphatic heterocycles. The number of ketones is 2. The first-order valence-electron chi connectivity index (χ1n) is 13.5. The van der Waals surface area contributed by atoms with Crippen LogP contribution in [0.25, 0.3) is 0 Å². The van der Waals surface area contributed by atoms with Gasteiger partial charge in [-0.3, -0.25) is 19.2 Å². The zero-order chi connectivity index (χ0) is 28.2. The van der Waals surface area contributed by atoms with Crippen LogP contribution in [0.15, 0.2) is 109 Å². The van der Waals surface area contributed by atoms with E-state index in [4.69, 9.17) is 0 Å². The minimum absolute atomic E-state index is 0.180. The van der Waals surface area contributed by atoms with Crippen LogP contribution in [-0.2, 0) is 0 Å². The van der Waals surface area contributed by atoms with E-state index < -0.39 is 0 Å². The summed E-state index contributed by atoms with van der Waals surface area (Å²) in [5.41, 5.74) is 2.58. The van der Waals surface area contributed by atoms with Gasteiger partial charge in [-0.05, 0) is 25.0 Å². The quantitative estimate of drug-likeness (QED) is 0.166. The van der Waals surface area contributed by atoms with E-state index in [1.54, 1.807) is 97.1 Å². The molecule has 0 radical (unpaired) electrons. The van der Waals surface area contributed by atoms with Gasteiger partial charge in [0, 0.05) is 35.3 Å². The Hall–Kier alpha value is -4.84. The number of hydrogen-bond acceptors (Lipinski definition) is 4. The number of carbonyl (C=O) groups is 4. The van der Waals surface area contributed by atoms with E-state index in [1.807, 2.05) is 12.1 Å². The molecular weight excluding hydrogens is 500 g/mol. The molecule has 202 valence electrons. The summed E-state index contributed by atoms with van der Waals surface area (Å²) < 4.78 is 0. The predicted molar refractivity (Wildman–Crippen MR) is 156 cm³/mol. The molecule has 0 aliphatic carbocycles. The first kappa shape index (κ1) is 28.2. The molecule has 4 aromatic rings. The van der Waals surface area contributed by atoms with Crippen molar-refractivity contribution in [1.29, 1.82) is 0 Å². The average Bonchev–Trinajstić information content (AvgIpc) is 3.02. The van der Waals surface area contributed by atoms with Crippen molar-refractivity contribution in [3.05, 3.63) is 143 Å². The zero-order valence-corrected chi connectivity index (χ0v) is 22.3. The molecule has 0 fully saturated rings. The number of benzene rings is 4. The lowest BCUT2D eigenvalue weighted by Crippen LogP contribution is -2.27. The molecule has 0 unspecified atom stereocenters. The van der Waals surface area contributed by atoms with Crippen LogP contribution in [0.3, 0.4) is 0 Å². The molecule has 0 bridgehead atoms. The van der Waals surface area contributed by atoms with Crippen LogP contribution < -0.4 is 10.6 Å². The van der Waals surface area contributed by atoms with Crippen molar-refractivity contribution in [1.82, 2.24) is 10.6 Å². The highest BCUT2D eigenvalue weighted by Gasteiger charge is 2.18. The predicted octanol–water partition coefficient (Wildman–Crippen LogP) is 5.87. The van der Waals surface area contributed by atoms with Gasteiger partial charge in [0.2, 0.25) is 0 Å². The summed E-state index contributed by atoms with van der Waals surface area (Å²) in [6.07, 6.45) is 3.32. The highest BCUT2D eigenvalue weighted by molar-refractivity contribution is 6.16. The highest BCUT2D eigenvalue weighted by Crippen LogP contribution is 2.16. The summed E-state index contributed by atoms with van der Waals surface area (Å²) in [4.78, 5) is 51.3. The molecule has 40 heavy (non-hydrogen) atoms. The smallest absolute Gasteiger partial charge is 0.252 e. The minimum Gasteiger partial charge on any atom is -0.352 e. The Balaban J connectivity index is 1.18. The maximum atomic E-state index is 12.9. The lowest BCUT2D eigenvalue weighted by Gasteiger charge is -2.11. The highest BCUT2D eigenvalue weighted by atomic mass is 16.2. The summed E-state index contributed by atoms with van der Waals surface area (Å²) in [6, 6.07) is 31.5. The molecule has 0 saturated carbocycles. The SMILES string of the molecule is O=C(NCCCCCCNC(=O)c1ccccc1C(=O)c1ccccc1)c1ccccc1C(=O)c1ccccc1. The second kappa shape index (κ2) is 14.4. The molecule has 6 heteroatoms. The molecule has 0 aliphatic rings. The maximum absolute atomic E-state index is 12.9. The van der Waals surface area contributed by atoms with E-state index in [0.717, 1.165) is 25.7 Å². The van der Waals surface area contributed by atoms with Crippen LogP contribution >= 0.6 is 0 Å². The third-order valence-corrected chi connectivity index (χ3v) is 6.58. The van der Waals surface area contributed by atoms with Gasteiger partial charge in [-0.15, -0.1) is 0 Å². The van der Waals surface area contributed by atoms with Crippen LogP contribution in [0.4, 0.5) is 0 Å². The average molecular weight is 533 g/mol. The van der Waals surface area contributed by atoms with Gasteiger partial charge in [-0.1, -0.05) is 110 Å². The van der Waals surface area contributed by atoms with Crippen molar-refractivity contribution in [3.63, 3.8) is 0 Å². The molecule has 0 spiro atoms. The number of carbonyl (C=O) groups excluding carboxylic acids is 4. The van der Waals surface area contributed by atoms with Crippen LogP contribution in [0.1, 0.15) is 78.2 Å². The van der Waals surface area contributed by atoms with Crippen LogP contribution in [0.2, 0.25) is 0 Å². The summed E-state index contributed by atoms with van der Waals surface area (Å²) in [5.74, 6) is -0.896. The van der Waals surface area contributed by atoms with Gasteiger partial charge in [-0.25, -0.2) is 0 Å². The van der Waals surface area contributed by atoms with Gasteiger partial charge < -0.3 is 10.6 Å². The standard InChI is InChI=1S/C34H32N2O4/c37-31(25-15-5-3-6-16-25)27-19-9-11-21-29(27)33(39)35-23-13-1-2-14-24-36-34(40)30-22-12-10-20-28(30)32(38)26-17-7-4-8-18-26/h3-12,15-22H,1-2,13-14,23-24H2,(H,35,39)(H,36,40). The van der Waals surface area contributed by atoms with Gasteiger partial charge in [0.15, 0.2) is 11.6 Å². The van der Waals surface area contributed by atoms with E-state index in [1.165, 1.54) is 0 Å². The fourth-order valence-corrected chi connectivity index (χ4v) is 4.45. The molecule has 0 heterocycles. The Bertz CT molecular complexity index is 1350. The Morgan fingerprint density at radius 2 is 0.725 bits per heavy atom. The molecular formula is C34H32N2O4. The second-order valence-corrected chi connectivity index (χ2v) is 9.41. The van der Waals surface area contributed by atoms with Crippen molar-refractivity contribution in [2.75, 3.05) is 13.1 Å². The Morgan fingerprint density at radius 3 is 1.10 bits per heavy atom. The molecule has 4 aromatic carbocycles. The zero-order valence-electron chi connectivity index (χ0n) is 22.3. The van der Waals surface area contributed by atoms with Crippen LogP contribution in [0, 0.1) is 0 Å². The summed E-state index contributed by atoms with van der Waals surface area (Å²) in [6.45, 7) is 0.988. The van der Waals surface area contributed by atoms with E-state index in [0.29, 0.717) is 46.5 Å². The minimum atomic E-state index is -0.268. The van der Waals surface area contributed by atoms with Crippen molar-refractivity contribution < 1.29 is 19.2 Å². The molecule has 0 aromatic heterocycles. The Morgan fingerprint density at radius 1 is 0.400 bits per heavy atom. The molecule has 0 saturated heterocycles. The van der Waals surface area contributed by atoms with Crippen molar-refractivity contribution in [2.45, 2.75) is 25.7 Å². The van der Waals surface area contributed by atoms with Gasteiger partial charge >= 0.3 is 0 Å². The van der Waals surface area contributed by atoms with Gasteiger partial charge in [0.05, 0.1) is 11.1 Å². The second-order valence-electron chi connectivity index (χ2n) is 9.41. The van der Waals surface area contributed by atoms with Crippen LogP contribution in [0.5, 0.6) is 0 Å². The third kappa shape index (κ3) is 7.38. The number of hydrogen-bond donors (Lipinski definition) is 2. The molecule has 0 atom stereocenters. The molecule has 4 rings (SSSR count). The number of amides is 2. The lowest BCUT2D eigenvalue weighted by atomic mass is 9.98. The van der Waals surface area contributed by atoms with Crippen molar-refractivity contribution >= 4 is 23.4 Å². The van der Waals surface area contributed by atoms with Crippen molar-refractivity contribution in [3.8, 4) is 0 Å². The molecule has 2 amide bonds. The summed E-state index contributed by atoms with van der Waals surface area (Å²) in [7, 11) is 0. The monoisotopic (exact) mass is 532 g/mol. The number of rotatable bonds is 13. The van der Waals surface area contributed by atoms with Crippen LogP contribution in [-0.4, -0.2) is 36.5 Å². The molecule has 2 N–H and O–H groups in total. The first-order valence-corrected chi connectivity index (χ1v) is 13.5. The first-order chi connectivity index (χ1) is 19.6. The fourth-order valence-electron chi connectivity index (χ4n) is 4.45. The molecule has 6 nitrogen and oxygen atoms in total. The summed E-state index contributed by atoms with van der Waals surface area (Å²) in [5, 5.41) is 5.83. The Kier molecular flexibility index (Phi) is 10.1. The van der Waals surface area contributed by atoms with Gasteiger partial charge in [0.1, 0.15) is 0 Å². The fraction of sp³-hybridized carbons (Fsp3) is 0.176. The summed E-state index contributed by atoms with van der Waals surface area (Å²) >= 11 is 0. The Labute approximate surface area is 234 Å². The van der Waals surface area contributed by atoms with E-state index in [-0.39, 0.29) is 23.4 Å². The van der Waals surface area contributed by atoms with Gasteiger partial charge in [0.25, 0.3) is 11.8 Å². The van der Waals surface area contributed by atoms with E-state index in [9.17, 15) is 19.2 Å². The lowest BCUT2D eigenvalue weighted by molar-refractivity contribution is 0.0936. The normalized spacial score (nSPS) is 10.5. The number of nitrogens with one attached hydrogen (secondary N) is 2. The third-order valence-electron chi connectivity index (χ3n) is 6.58.